The molecule has 0 radical (unpaired) electrons. The summed E-state index contributed by atoms with van der Waals surface area (Å²) in [4.78, 5) is 12.1. The molecule has 14 heavy (non-hydrogen) atoms. The van der Waals surface area contributed by atoms with E-state index >= 15 is 0 Å². The Morgan fingerprint density at radius 1 is 1.14 bits per heavy atom. The first-order valence-corrected chi connectivity index (χ1v) is 6.11. The highest BCUT2D eigenvalue weighted by Crippen LogP contribution is 2.39. The maximum Gasteiger partial charge on any atom is 0.140 e. The Kier molecular flexibility index (Phi) is 2.12. The van der Waals surface area contributed by atoms with Gasteiger partial charge in [0.25, 0.3) is 0 Å². The predicted molar refractivity (Wildman–Crippen MR) is 55.0 cm³/mol. The lowest BCUT2D eigenvalue weighted by atomic mass is 9.67. The summed E-state index contributed by atoms with van der Waals surface area (Å²) in [6.07, 6.45) is 7.41. The third-order valence-electron chi connectivity index (χ3n) is 4.50. The van der Waals surface area contributed by atoms with Crippen LogP contribution in [0.25, 0.3) is 0 Å². The van der Waals surface area contributed by atoms with Gasteiger partial charge in [-0.1, -0.05) is 6.42 Å². The third-order valence-corrected chi connectivity index (χ3v) is 4.50. The van der Waals surface area contributed by atoms with Crippen molar-refractivity contribution in [2.75, 3.05) is 6.54 Å². The maximum absolute atomic E-state index is 12.1. The number of carbonyl (C=O) groups is 1. The molecular weight excluding hydrogens is 174 g/mol. The lowest BCUT2D eigenvalue weighted by Gasteiger charge is -2.44. The van der Waals surface area contributed by atoms with Crippen molar-refractivity contribution in [3.63, 3.8) is 0 Å². The van der Waals surface area contributed by atoms with Gasteiger partial charge in [0.15, 0.2) is 0 Å². The molecule has 0 aromatic carbocycles. The Bertz CT molecular complexity index is 239. The first kappa shape index (κ1) is 8.90. The van der Waals surface area contributed by atoms with Gasteiger partial charge >= 0.3 is 0 Å². The Hall–Kier alpha value is -0.370. The molecule has 2 aliphatic heterocycles. The molecule has 2 saturated heterocycles. The topological polar surface area (TPSA) is 29.1 Å². The SMILES string of the molecule is O=C(C1CCC1)C1CC2CCC1NC2. The highest BCUT2D eigenvalue weighted by atomic mass is 16.1. The van der Waals surface area contributed by atoms with Gasteiger partial charge in [-0.2, -0.15) is 0 Å². The molecule has 2 saturated carbocycles. The van der Waals surface area contributed by atoms with E-state index in [9.17, 15) is 4.79 Å². The number of hydrogen-bond acceptors (Lipinski definition) is 2. The van der Waals surface area contributed by atoms with Crippen LogP contribution in [0.4, 0.5) is 0 Å². The number of fused-ring (bicyclic) bond motifs is 3. The molecule has 4 aliphatic rings. The van der Waals surface area contributed by atoms with E-state index in [0.29, 0.717) is 23.7 Å². The summed E-state index contributed by atoms with van der Waals surface area (Å²) in [6, 6.07) is 0.535. The number of nitrogens with one attached hydrogen (secondary N) is 1. The summed E-state index contributed by atoms with van der Waals surface area (Å²) < 4.78 is 0. The second-order valence-electron chi connectivity index (χ2n) is 5.33. The molecule has 0 spiro atoms. The minimum absolute atomic E-state index is 0.382. The Morgan fingerprint density at radius 2 is 2.00 bits per heavy atom. The van der Waals surface area contributed by atoms with E-state index in [1.165, 1.54) is 45.1 Å². The molecule has 3 atom stereocenters. The molecule has 0 aromatic rings. The normalized spacial score (nSPS) is 42.1. The van der Waals surface area contributed by atoms with Crippen molar-refractivity contribution in [3.8, 4) is 0 Å². The fraction of sp³-hybridized carbons (Fsp3) is 0.917. The van der Waals surface area contributed by atoms with E-state index in [4.69, 9.17) is 0 Å². The molecule has 2 nitrogen and oxygen atoms in total. The fourth-order valence-corrected chi connectivity index (χ4v) is 3.32. The molecule has 0 aromatic heterocycles. The zero-order chi connectivity index (χ0) is 9.54. The van der Waals surface area contributed by atoms with E-state index in [1.807, 2.05) is 0 Å². The minimum Gasteiger partial charge on any atom is -0.313 e. The predicted octanol–water partition coefficient (Wildman–Crippen LogP) is 1.74. The first-order chi connectivity index (χ1) is 6.84. The van der Waals surface area contributed by atoms with Crippen molar-refractivity contribution in [1.82, 2.24) is 5.32 Å². The average molecular weight is 193 g/mol. The summed E-state index contributed by atoms with van der Waals surface area (Å²) >= 11 is 0. The number of ketones is 1. The summed E-state index contributed by atoms with van der Waals surface area (Å²) in [5.41, 5.74) is 0. The number of rotatable bonds is 2. The van der Waals surface area contributed by atoms with Gasteiger partial charge in [-0.3, -0.25) is 4.79 Å². The summed E-state index contributed by atoms with van der Waals surface area (Å²) in [6.45, 7) is 1.17. The Labute approximate surface area is 85.4 Å². The Morgan fingerprint density at radius 3 is 2.43 bits per heavy atom. The molecule has 2 bridgehead atoms. The lowest BCUT2D eigenvalue weighted by molar-refractivity contribution is -0.132. The van der Waals surface area contributed by atoms with Crippen LogP contribution >= 0.6 is 0 Å². The highest BCUT2D eigenvalue weighted by molar-refractivity contribution is 5.85. The number of carbonyl (C=O) groups excluding carboxylic acids is 1. The average Bonchev–Trinajstić information content (AvgIpc) is 2.17. The molecule has 2 heterocycles. The van der Waals surface area contributed by atoms with Crippen molar-refractivity contribution < 1.29 is 4.79 Å². The summed E-state index contributed by atoms with van der Waals surface area (Å²) in [7, 11) is 0. The largest absolute Gasteiger partial charge is 0.313 e. The zero-order valence-corrected chi connectivity index (χ0v) is 8.67. The lowest BCUT2D eigenvalue weighted by Crippen LogP contribution is -2.54. The van der Waals surface area contributed by atoms with Gasteiger partial charge in [0.05, 0.1) is 0 Å². The first-order valence-electron chi connectivity index (χ1n) is 6.11. The van der Waals surface area contributed by atoms with Crippen LogP contribution in [0.3, 0.4) is 0 Å². The van der Waals surface area contributed by atoms with Crippen LogP contribution in [-0.4, -0.2) is 18.4 Å². The van der Waals surface area contributed by atoms with Gasteiger partial charge in [-0.15, -0.1) is 0 Å². The van der Waals surface area contributed by atoms with Crippen LogP contribution < -0.4 is 5.32 Å². The smallest absolute Gasteiger partial charge is 0.140 e. The number of Topliss-reactive ketones (excluding diaryl/α,β-unsaturated/α-hetero) is 1. The van der Waals surface area contributed by atoms with Gasteiger partial charge in [0.1, 0.15) is 5.78 Å². The molecular formula is C12H19NO. The maximum atomic E-state index is 12.1. The molecule has 0 amide bonds. The van der Waals surface area contributed by atoms with Crippen LogP contribution in [0, 0.1) is 17.8 Å². The number of hydrogen-bond donors (Lipinski definition) is 1. The highest BCUT2D eigenvalue weighted by Gasteiger charge is 2.42. The van der Waals surface area contributed by atoms with E-state index in [0.717, 1.165) is 5.92 Å². The Balaban J connectivity index is 1.69. The van der Waals surface area contributed by atoms with E-state index in [-0.39, 0.29) is 0 Å². The van der Waals surface area contributed by atoms with Crippen LogP contribution in [0.1, 0.15) is 38.5 Å². The van der Waals surface area contributed by atoms with Crippen molar-refractivity contribution in [2.45, 2.75) is 44.6 Å². The van der Waals surface area contributed by atoms with E-state index in [2.05, 4.69) is 5.32 Å². The van der Waals surface area contributed by atoms with E-state index < -0.39 is 0 Å². The molecule has 2 aliphatic carbocycles. The zero-order valence-electron chi connectivity index (χ0n) is 8.67. The second kappa shape index (κ2) is 3.34. The van der Waals surface area contributed by atoms with Gasteiger partial charge < -0.3 is 5.32 Å². The van der Waals surface area contributed by atoms with E-state index in [1.54, 1.807) is 0 Å². The molecule has 4 fully saturated rings. The second-order valence-corrected chi connectivity index (χ2v) is 5.33. The van der Waals surface area contributed by atoms with Gasteiger partial charge in [-0.25, -0.2) is 0 Å². The fourth-order valence-electron chi connectivity index (χ4n) is 3.32. The van der Waals surface area contributed by atoms with Crippen molar-refractivity contribution in [2.24, 2.45) is 17.8 Å². The number of piperidine rings is 2. The molecule has 1 N–H and O–H groups in total. The van der Waals surface area contributed by atoms with Gasteiger partial charge in [0.2, 0.25) is 0 Å². The molecule has 4 rings (SSSR count). The molecule has 2 heteroatoms. The van der Waals surface area contributed by atoms with Crippen LogP contribution in [-0.2, 0) is 4.79 Å². The van der Waals surface area contributed by atoms with Crippen molar-refractivity contribution in [3.05, 3.63) is 0 Å². The monoisotopic (exact) mass is 193 g/mol. The molecule has 78 valence electrons. The van der Waals surface area contributed by atoms with Crippen LogP contribution in [0.15, 0.2) is 0 Å². The van der Waals surface area contributed by atoms with Crippen molar-refractivity contribution >= 4 is 5.78 Å². The quantitative estimate of drug-likeness (QED) is 0.724. The van der Waals surface area contributed by atoms with Crippen LogP contribution in [0.5, 0.6) is 0 Å². The minimum atomic E-state index is 0.382. The summed E-state index contributed by atoms with van der Waals surface area (Å²) in [5.74, 6) is 2.22. The van der Waals surface area contributed by atoms with Gasteiger partial charge in [0, 0.05) is 17.9 Å². The molecule has 3 unspecified atom stereocenters. The standard InChI is InChI=1S/C12H19NO/c14-12(9-2-1-3-9)10-6-8-4-5-11(10)13-7-8/h8-11,13H,1-7H2. The summed E-state index contributed by atoms with van der Waals surface area (Å²) in [5, 5.41) is 3.53. The van der Waals surface area contributed by atoms with Crippen molar-refractivity contribution in [1.29, 1.82) is 0 Å². The van der Waals surface area contributed by atoms with Crippen LogP contribution in [0.2, 0.25) is 0 Å². The van der Waals surface area contributed by atoms with Gasteiger partial charge in [-0.05, 0) is 44.6 Å². The third kappa shape index (κ3) is 1.31.